The molecule has 12 heteroatoms. The molecule has 2 heterocycles. The topological polar surface area (TPSA) is 153 Å². The first-order valence-corrected chi connectivity index (χ1v) is 18.6. The van der Waals surface area contributed by atoms with E-state index in [9.17, 15) is 24.0 Å². The van der Waals surface area contributed by atoms with Gasteiger partial charge in [0.15, 0.2) is 0 Å². The summed E-state index contributed by atoms with van der Waals surface area (Å²) >= 11 is 0. The molecule has 53 heavy (non-hydrogen) atoms. The molecule has 12 nitrogen and oxygen atoms in total. The minimum atomic E-state index is -0.631. The number of ether oxygens (including phenoxy) is 7. The zero-order valence-electron chi connectivity index (χ0n) is 33.6. The van der Waals surface area contributed by atoms with Gasteiger partial charge >= 0.3 is 29.8 Å². The molecule has 12 atom stereocenters. The van der Waals surface area contributed by atoms with Crippen molar-refractivity contribution >= 4 is 29.8 Å². The zero-order chi connectivity index (χ0) is 40.0. The number of methoxy groups -OCH3 is 1. The molecular weight excluding hydrogens is 684 g/mol. The Labute approximate surface area is 315 Å². The third-order valence-corrected chi connectivity index (χ3v) is 9.96. The third-order valence-electron chi connectivity index (χ3n) is 9.96. The molecule has 2 rings (SSSR count). The molecule has 0 aromatic heterocycles. The molecule has 5 unspecified atom stereocenters. The molecule has 0 radical (unpaired) electrons. The SMILES string of the molecule is COC(C)C(C)C(OC(C)=O)C(C)C(CC[C@H](C)[C@@H]1C/C=C/C=C/C[C@@H](OC(C)=O)[C@@H]2O[C@@H]2[C@H](OC(C)=O)[C@H](C)/C=C(C)/C=C(\C)C(=O)O1)OC(C)=O. The van der Waals surface area contributed by atoms with Crippen LogP contribution in [0.25, 0.3) is 0 Å². The van der Waals surface area contributed by atoms with E-state index < -0.39 is 72.6 Å². The van der Waals surface area contributed by atoms with Crippen molar-refractivity contribution in [1.82, 2.24) is 0 Å². The number of hydrogen-bond acceptors (Lipinski definition) is 12. The van der Waals surface area contributed by atoms with Gasteiger partial charge in [-0.2, -0.15) is 0 Å². The molecule has 0 saturated carbocycles. The van der Waals surface area contributed by atoms with Gasteiger partial charge in [0.05, 0.1) is 6.10 Å². The summed E-state index contributed by atoms with van der Waals surface area (Å²) in [6, 6.07) is 0. The molecule has 1 fully saturated rings. The summed E-state index contributed by atoms with van der Waals surface area (Å²) in [5.41, 5.74) is 1.16. The lowest BCUT2D eigenvalue weighted by atomic mass is 9.83. The number of hydrogen-bond donors (Lipinski definition) is 0. The van der Waals surface area contributed by atoms with E-state index in [4.69, 9.17) is 33.2 Å². The van der Waals surface area contributed by atoms with Gasteiger partial charge in [-0.15, -0.1) is 0 Å². The largest absolute Gasteiger partial charge is 0.462 e. The highest BCUT2D eigenvalue weighted by Crippen LogP contribution is 2.37. The second-order valence-electron chi connectivity index (χ2n) is 14.6. The van der Waals surface area contributed by atoms with Crippen LogP contribution >= 0.6 is 0 Å². The van der Waals surface area contributed by atoms with E-state index in [1.807, 2.05) is 71.9 Å². The standard InChI is InChI=1S/C41H62O12/c1-23-21-25(3)37(50-32(10)44)40-39(53-40)36(49-31(9)43)18-16-14-13-15-17-34(52-41(46)26(4)22-23)24(2)19-20-35(48-30(8)42)28(6)38(51-33(11)45)27(5)29(7)47-12/h13-16,21-22,24-25,27-29,34-40H,17-20H2,1-12H3/b15-13+,16-14+,23-21+,26-22+/t24-,25+,27?,28?,29?,34-,35?,36+,37+,38?,39-,40+/m0/s1. The first kappa shape index (κ1) is 45.4. The van der Waals surface area contributed by atoms with Gasteiger partial charge in [-0.05, 0) is 45.6 Å². The van der Waals surface area contributed by atoms with E-state index in [-0.39, 0.29) is 29.8 Å². The summed E-state index contributed by atoms with van der Waals surface area (Å²) in [5.74, 6) is -3.22. The fraction of sp³-hybridized carbons (Fsp3) is 0.683. The number of rotatable bonds is 13. The Balaban J connectivity index is 2.39. The van der Waals surface area contributed by atoms with Crippen LogP contribution in [-0.2, 0) is 57.1 Å². The van der Waals surface area contributed by atoms with Crippen molar-refractivity contribution in [2.45, 2.75) is 151 Å². The van der Waals surface area contributed by atoms with E-state index in [0.29, 0.717) is 31.3 Å². The number of allylic oxidation sites excluding steroid dienone is 4. The summed E-state index contributed by atoms with van der Waals surface area (Å²) in [7, 11) is 1.60. The van der Waals surface area contributed by atoms with Crippen molar-refractivity contribution in [1.29, 1.82) is 0 Å². The van der Waals surface area contributed by atoms with Crippen LogP contribution in [0.2, 0.25) is 0 Å². The number of esters is 5. The van der Waals surface area contributed by atoms with Crippen molar-refractivity contribution in [3.8, 4) is 0 Å². The Morgan fingerprint density at radius 3 is 1.98 bits per heavy atom. The number of epoxide rings is 1. The quantitative estimate of drug-likeness (QED) is 0.114. The number of fused-ring (bicyclic) bond motifs is 1. The van der Waals surface area contributed by atoms with Crippen molar-refractivity contribution in [2.75, 3.05) is 7.11 Å². The molecule has 0 spiro atoms. The minimum absolute atomic E-state index is 0.155. The van der Waals surface area contributed by atoms with Crippen molar-refractivity contribution in [3.05, 3.63) is 47.6 Å². The summed E-state index contributed by atoms with van der Waals surface area (Å²) in [5, 5.41) is 0. The average Bonchev–Trinajstić information content (AvgIpc) is 3.86. The maximum Gasteiger partial charge on any atom is 0.334 e. The second kappa shape index (κ2) is 21.8. The molecular formula is C41H62O12. The van der Waals surface area contributed by atoms with Gasteiger partial charge in [0.25, 0.3) is 0 Å². The van der Waals surface area contributed by atoms with Crippen molar-refractivity contribution in [2.24, 2.45) is 23.7 Å². The van der Waals surface area contributed by atoms with Crippen molar-refractivity contribution in [3.63, 3.8) is 0 Å². The summed E-state index contributed by atoms with van der Waals surface area (Å²) in [6.45, 7) is 18.5. The van der Waals surface area contributed by atoms with Crippen LogP contribution in [0.1, 0.15) is 102 Å². The fourth-order valence-electron chi connectivity index (χ4n) is 6.83. The lowest BCUT2D eigenvalue weighted by Crippen LogP contribution is -2.43. The molecule has 2 aliphatic heterocycles. The van der Waals surface area contributed by atoms with Gasteiger partial charge in [-0.25, -0.2) is 4.79 Å². The van der Waals surface area contributed by atoms with E-state index in [1.165, 1.54) is 27.7 Å². The summed E-state index contributed by atoms with van der Waals surface area (Å²) in [6.07, 6.45) is 8.86. The highest BCUT2D eigenvalue weighted by atomic mass is 16.7. The fourth-order valence-corrected chi connectivity index (χ4v) is 6.83. The zero-order valence-corrected chi connectivity index (χ0v) is 33.6. The molecule has 2 aliphatic rings. The Morgan fingerprint density at radius 1 is 0.811 bits per heavy atom. The number of carbonyl (C=O) groups excluding carboxylic acids is 5. The van der Waals surface area contributed by atoms with Gasteiger partial charge in [-0.1, -0.05) is 63.6 Å². The molecule has 0 amide bonds. The maximum absolute atomic E-state index is 13.5. The monoisotopic (exact) mass is 746 g/mol. The molecule has 0 aromatic rings. The first-order chi connectivity index (χ1) is 24.9. The normalized spacial score (nSPS) is 30.5. The molecule has 1 saturated heterocycles. The highest BCUT2D eigenvalue weighted by molar-refractivity contribution is 5.88. The third kappa shape index (κ3) is 15.2. The predicted molar refractivity (Wildman–Crippen MR) is 198 cm³/mol. The van der Waals surface area contributed by atoms with E-state index in [1.54, 1.807) is 20.1 Å². The van der Waals surface area contributed by atoms with Crippen LogP contribution in [-0.4, -0.2) is 85.8 Å². The lowest BCUT2D eigenvalue weighted by Gasteiger charge is -2.36. The van der Waals surface area contributed by atoms with Crippen molar-refractivity contribution < 1.29 is 57.1 Å². The van der Waals surface area contributed by atoms with Crippen LogP contribution in [0.15, 0.2) is 47.6 Å². The highest BCUT2D eigenvalue weighted by Gasteiger charge is 2.53. The van der Waals surface area contributed by atoms with Crippen LogP contribution in [0.5, 0.6) is 0 Å². The molecule has 298 valence electrons. The van der Waals surface area contributed by atoms with Gasteiger partial charge in [0.1, 0.15) is 42.7 Å². The van der Waals surface area contributed by atoms with Crippen LogP contribution < -0.4 is 0 Å². The first-order valence-electron chi connectivity index (χ1n) is 18.6. The number of carbonyl (C=O) groups is 5. The van der Waals surface area contributed by atoms with Gasteiger partial charge in [0, 0.05) is 71.0 Å². The van der Waals surface area contributed by atoms with Crippen LogP contribution in [0.3, 0.4) is 0 Å². The summed E-state index contributed by atoms with van der Waals surface area (Å²) in [4.78, 5) is 61.8. The predicted octanol–water partition coefficient (Wildman–Crippen LogP) is 6.55. The maximum atomic E-state index is 13.5. The summed E-state index contributed by atoms with van der Waals surface area (Å²) < 4.78 is 40.4. The number of cyclic esters (lactones) is 1. The Kier molecular flexibility index (Phi) is 18.7. The van der Waals surface area contributed by atoms with E-state index in [0.717, 1.165) is 5.57 Å². The Morgan fingerprint density at radius 2 is 1.42 bits per heavy atom. The second-order valence-corrected chi connectivity index (χ2v) is 14.6. The minimum Gasteiger partial charge on any atom is -0.462 e. The lowest BCUT2D eigenvalue weighted by molar-refractivity contribution is -0.165. The molecule has 0 N–H and O–H groups in total. The Bertz CT molecular complexity index is 1380. The molecule has 0 aliphatic carbocycles. The van der Waals surface area contributed by atoms with Crippen LogP contribution in [0, 0.1) is 23.7 Å². The van der Waals surface area contributed by atoms with E-state index in [2.05, 4.69) is 0 Å². The van der Waals surface area contributed by atoms with Gasteiger partial charge in [-0.3, -0.25) is 19.2 Å². The van der Waals surface area contributed by atoms with E-state index >= 15 is 0 Å². The molecule has 0 aromatic carbocycles. The van der Waals surface area contributed by atoms with Gasteiger partial charge in [0.2, 0.25) is 0 Å². The smallest absolute Gasteiger partial charge is 0.334 e. The Hall–Kier alpha value is -3.77. The van der Waals surface area contributed by atoms with Gasteiger partial charge < -0.3 is 33.2 Å². The van der Waals surface area contributed by atoms with Crippen LogP contribution in [0.4, 0.5) is 0 Å². The molecule has 0 bridgehead atoms. The average molecular weight is 747 g/mol.